The summed E-state index contributed by atoms with van der Waals surface area (Å²) in [5.74, 6) is -0.0221. The molecule has 0 saturated heterocycles. The minimum atomic E-state index is -0.347. The first-order valence-corrected chi connectivity index (χ1v) is 8.07. The fraction of sp³-hybridized carbons (Fsp3) is 0.0526. The zero-order valence-electron chi connectivity index (χ0n) is 13.7. The minimum Gasteiger partial charge on any atom is -0.349 e. The van der Waals surface area contributed by atoms with Crippen molar-refractivity contribution in [1.29, 1.82) is 0 Å². The molecular formula is C19H15FN6. The van der Waals surface area contributed by atoms with Crippen LogP contribution in [0.4, 0.5) is 10.3 Å². The van der Waals surface area contributed by atoms with Crippen molar-refractivity contribution >= 4 is 5.95 Å². The van der Waals surface area contributed by atoms with Crippen molar-refractivity contribution < 1.29 is 4.39 Å². The Labute approximate surface area is 149 Å². The third-order valence-corrected chi connectivity index (χ3v) is 3.93. The molecule has 0 saturated carbocycles. The Morgan fingerprint density at radius 1 is 0.962 bits per heavy atom. The fourth-order valence-electron chi connectivity index (χ4n) is 2.65. The van der Waals surface area contributed by atoms with Crippen molar-refractivity contribution in [3.8, 4) is 22.5 Å². The molecule has 6 nitrogen and oxygen atoms in total. The predicted octanol–water partition coefficient (Wildman–Crippen LogP) is 3.68. The lowest BCUT2D eigenvalue weighted by molar-refractivity contribution is 0.630. The standard InChI is InChI=1S/C19H15FN6/c20-16-9-5-4-8-15(16)17-12-23-26-19(24-17)21-10-14-11-22-25-18(14)13-6-2-1-3-7-13/h1-9,11-12H,10H2,(H,22,25)(H,21,24,26). The second-order valence-corrected chi connectivity index (χ2v) is 5.63. The first-order chi connectivity index (χ1) is 12.8. The Kier molecular flexibility index (Phi) is 4.34. The number of nitrogens with one attached hydrogen (secondary N) is 2. The third-order valence-electron chi connectivity index (χ3n) is 3.93. The number of aromatic nitrogens is 5. The third kappa shape index (κ3) is 3.27. The quantitative estimate of drug-likeness (QED) is 0.576. The van der Waals surface area contributed by atoms with Crippen molar-refractivity contribution in [2.75, 3.05) is 5.32 Å². The summed E-state index contributed by atoms with van der Waals surface area (Å²) in [7, 11) is 0. The summed E-state index contributed by atoms with van der Waals surface area (Å²) in [6.07, 6.45) is 3.19. The molecule has 0 aliphatic heterocycles. The van der Waals surface area contributed by atoms with E-state index >= 15 is 0 Å². The molecule has 7 heteroatoms. The predicted molar refractivity (Wildman–Crippen MR) is 96.6 cm³/mol. The van der Waals surface area contributed by atoms with E-state index in [-0.39, 0.29) is 5.82 Å². The summed E-state index contributed by atoms with van der Waals surface area (Å²) in [6.45, 7) is 0.461. The molecule has 26 heavy (non-hydrogen) atoms. The number of aromatic amines is 1. The number of rotatable bonds is 5. The smallest absolute Gasteiger partial charge is 0.243 e. The van der Waals surface area contributed by atoms with E-state index in [4.69, 9.17) is 0 Å². The molecule has 2 heterocycles. The zero-order valence-corrected chi connectivity index (χ0v) is 13.7. The molecule has 0 atom stereocenters. The number of hydrogen-bond acceptors (Lipinski definition) is 5. The van der Waals surface area contributed by atoms with Crippen LogP contribution in [0.2, 0.25) is 0 Å². The molecule has 0 radical (unpaired) electrons. The molecule has 0 unspecified atom stereocenters. The summed E-state index contributed by atoms with van der Waals surface area (Å²) >= 11 is 0. The summed E-state index contributed by atoms with van der Waals surface area (Å²) in [4.78, 5) is 4.35. The number of H-pyrrole nitrogens is 1. The molecule has 0 amide bonds. The van der Waals surface area contributed by atoms with E-state index < -0.39 is 0 Å². The van der Waals surface area contributed by atoms with Gasteiger partial charge >= 0.3 is 0 Å². The van der Waals surface area contributed by atoms with Gasteiger partial charge in [-0.25, -0.2) is 9.37 Å². The monoisotopic (exact) mass is 346 g/mol. The Hall–Kier alpha value is -3.61. The van der Waals surface area contributed by atoms with E-state index in [1.54, 1.807) is 24.4 Å². The summed E-state index contributed by atoms with van der Waals surface area (Å²) in [6, 6.07) is 16.4. The molecule has 128 valence electrons. The van der Waals surface area contributed by atoms with Gasteiger partial charge in [0.25, 0.3) is 0 Å². The van der Waals surface area contributed by atoms with Crippen LogP contribution >= 0.6 is 0 Å². The summed E-state index contributed by atoms with van der Waals surface area (Å²) in [5, 5.41) is 18.1. The highest BCUT2D eigenvalue weighted by molar-refractivity contribution is 5.63. The average molecular weight is 346 g/mol. The van der Waals surface area contributed by atoms with E-state index in [0.29, 0.717) is 23.8 Å². The van der Waals surface area contributed by atoms with Crippen molar-refractivity contribution in [2.45, 2.75) is 6.54 Å². The van der Waals surface area contributed by atoms with E-state index in [9.17, 15) is 4.39 Å². The van der Waals surface area contributed by atoms with Crippen LogP contribution in [-0.2, 0) is 6.54 Å². The van der Waals surface area contributed by atoms with Gasteiger partial charge in [0.15, 0.2) is 0 Å². The Morgan fingerprint density at radius 3 is 2.62 bits per heavy atom. The number of benzene rings is 2. The highest BCUT2D eigenvalue weighted by Crippen LogP contribution is 2.22. The molecule has 2 aromatic heterocycles. The summed E-state index contributed by atoms with van der Waals surface area (Å²) in [5.41, 5.74) is 3.75. The molecule has 0 aliphatic rings. The van der Waals surface area contributed by atoms with Crippen LogP contribution in [0.15, 0.2) is 67.0 Å². The van der Waals surface area contributed by atoms with E-state index in [0.717, 1.165) is 16.8 Å². The van der Waals surface area contributed by atoms with Gasteiger partial charge in [-0.05, 0) is 17.7 Å². The van der Waals surface area contributed by atoms with Gasteiger partial charge in [-0.15, -0.1) is 5.10 Å². The SMILES string of the molecule is Fc1ccccc1-c1cnnc(NCc2cn[nH]c2-c2ccccc2)n1. The van der Waals surface area contributed by atoms with Gasteiger partial charge in [-0.1, -0.05) is 42.5 Å². The summed E-state index contributed by atoms with van der Waals surface area (Å²) < 4.78 is 13.9. The van der Waals surface area contributed by atoms with Gasteiger partial charge in [0.1, 0.15) is 5.82 Å². The maximum absolute atomic E-state index is 13.9. The normalized spacial score (nSPS) is 10.7. The van der Waals surface area contributed by atoms with Crippen LogP contribution in [-0.4, -0.2) is 25.4 Å². The maximum atomic E-state index is 13.9. The van der Waals surface area contributed by atoms with E-state index in [2.05, 4.69) is 30.7 Å². The van der Waals surface area contributed by atoms with Gasteiger partial charge in [0, 0.05) is 17.7 Å². The Balaban J connectivity index is 1.54. The average Bonchev–Trinajstić information content (AvgIpc) is 3.16. The van der Waals surface area contributed by atoms with Gasteiger partial charge in [0.2, 0.25) is 5.95 Å². The first kappa shape index (κ1) is 15.9. The topological polar surface area (TPSA) is 79.4 Å². The van der Waals surface area contributed by atoms with Gasteiger partial charge in [0.05, 0.1) is 23.8 Å². The highest BCUT2D eigenvalue weighted by Gasteiger charge is 2.10. The molecule has 2 aromatic carbocycles. The molecule has 4 aromatic rings. The molecule has 4 rings (SSSR count). The minimum absolute atomic E-state index is 0.325. The van der Waals surface area contributed by atoms with Gasteiger partial charge < -0.3 is 5.32 Å². The molecule has 0 spiro atoms. The molecule has 2 N–H and O–H groups in total. The molecular weight excluding hydrogens is 331 g/mol. The lowest BCUT2D eigenvalue weighted by atomic mass is 10.1. The molecule has 0 bridgehead atoms. The largest absolute Gasteiger partial charge is 0.349 e. The number of nitrogens with zero attached hydrogens (tertiary/aromatic N) is 4. The zero-order chi connectivity index (χ0) is 17.8. The van der Waals surface area contributed by atoms with Crippen LogP contribution in [0, 0.1) is 5.82 Å². The number of anilines is 1. The van der Waals surface area contributed by atoms with Crippen LogP contribution in [0.1, 0.15) is 5.56 Å². The lowest BCUT2D eigenvalue weighted by Gasteiger charge is -2.07. The van der Waals surface area contributed by atoms with Crippen LogP contribution in [0.3, 0.4) is 0 Å². The van der Waals surface area contributed by atoms with Gasteiger partial charge in [-0.3, -0.25) is 5.10 Å². The van der Waals surface area contributed by atoms with Crippen LogP contribution < -0.4 is 5.32 Å². The van der Waals surface area contributed by atoms with E-state index in [1.807, 2.05) is 30.3 Å². The van der Waals surface area contributed by atoms with Crippen molar-refractivity contribution in [3.63, 3.8) is 0 Å². The molecule has 0 fully saturated rings. The van der Waals surface area contributed by atoms with E-state index in [1.165, 1.54) is 12.3 Å². The van der Waals surface area contributed by atoms with Crippen LogP contribution in [0.25, 0.3) is 22.5 Å². The maximum Gasteiger partial charge on any atom is 0.243 e. The number of hydrogen-bond donors (Lipinski definition) is 2. The second-order valence-electron chi connectivity index (χ2n) is 5.63. The van der Waals surface area contributed by atoms with Crippen molar-refractivity contribution in [2.24, 2.45) is 0 Å². The Morgan fingerprint density at radius 2 is 1.77 bits per heavy atom. The first-order valence-electron chi connectivity index (χ1n) is 8.07. The highest BCUT2D eigenvalue weighted by atomic mass is 19.1. The van der Waals surface area contributed by atoms with Crippen molar-refractivity contribution in [1.82, 2.24) is 25.4 Å². The fourth-order valence-corrected chi connectivity index (χ4v) is 2.65. The lowest BCUT2D eigenvalue weighted by Crippen LogP contribution is -2.06. The van der Waals surface area contributed by atoms with Crippen molar-refractivity contribution in [3.05, 3.63) is 78.4 Å². The van der Waals surface area contributed by atoms with Gasteiger partial charge in [-0.2, -0.15) is 10.2 Å². The number of halogens is 1. The molecule has 0 aliphatic carbocycles. The Bertz CT molecular complexity index is 1020. The second kappa shape index (κ2) is 7.10. The van der Waals surface area contributed by atoms with Crippen LogP contribution in [0.5, 0.6) is 0 Å².